The van der Waals surface area contributed by atoms with Gasteiger partial charge >= 0.3 is 0 Å². The lowest BCUT2D eigenvalue weighted by atomic mass is 10.2. The summed E-state index contributed by atoms with van der Waals surface area (Å²) in [5, 5.41) is 0. The van der Waals surface area contributed by atoms with E-state index >= 15 is 0 Å². The Kier molecular flexibility index (Phi) is 4.92. The Morgan fingerprint density at radius 3 is 2.09 bits per heavy atom. The fourth-order valence-corrected chi connectivity index (χ4v) is 1.18. The number of hydrogen-bond donors (Lipinski definition) is 0. The molecule has 11 heavy (non-hydrogen) atoms. The smallest absolute Gasteiger partial charge is 0.245 e. The van der Waals surface area contributed by atoms with Crippen molar-refractivity contribution >= 4 is 5.84 Å². The molecule has 0 unspecified atom stereocenters. The van der Waals surface area contributed by atoms with E-state index in [0.29, 0.717) is 0 Å². The van der Waals surface area contributed by atoms with E-state index in [1.54, 1.807) is 0 Å². The van der Waals surface area contributed by atoms with Crippen molar-refractivity contribution in [3.8, 4) is 0 Å². The van der Waals surface area contributed by atoms with E-state index in [2.05, 4.69) is 44.6 Å². The highest BCUT2D eigenvalue weighted by Gasteiger charge is 2.09. The van der Waals surface area contributed by atoms with Gasteiger partial charge in [-0.2, -0.15) is 0 Å². The maximum atomic E-state index is 2.23. The summed E-state index contributed by atoms with van der Waals surface area (Å²) in [7, 11) is 8.41. The second kappa shape index (κ2) is 5.16. The molecule has 0 heterocycles. The van der Waals surface area contributed by atoms with Crippen LogP contribution in [0.3, 0.4) is 0 Å². The summed E-state index contributed by atoms with van der Waals surface area (Å²) in [6, 6.07) is 0. The Morgan fingerprint density at radius 2 is 1.82 bits per heavy atom. The first kappa shape index (κ1) is 10.5. The molecule has 0 rings (SSSR count). The third-order valence-electron chi connectivity index (χ3n) is 1.79. The molecule has 0 aliphatic heterocycles. The topological polar surface area (TPSA) is 6.25 Å². The van der Waals surface area contributed by atoms with Gasteiger partial charge in [0.05, 0.1) is 28.2 Å². The van der Waals surface area contributed by atoms with Gasteiger partial charge in [-0.05, 0) is 6.42 Å². The molecule has 0 bridgehead atoms. The second-order valence-corrected chi connectivity index (χ2v) is 3.31. The fraction of sp³-hybridized carbons (Fsp3) is 0.889. The highest BCUT2D eigenvalue weighted by Crippen LogP contribution is 1.97. The van der Waals surface area contributed by atoms with Gasteiger partial charge in [0.2, 0.25) is 5.84 Å². The van der Waals surface area contributed by atoms with E-state index in [9.17, 15) is 0 Å². The summed E-state index contributed by atoms with van der Waals surface area (Å²) in [6.07, 6.45) is 3.74. The SMILES string of the molecule is CCCCC(N(C)C)=[N+](C)C. The number of nitrogens with zero attached hydrogens (tertiary/aromatic N) is 2. The van der Waals surface area contributed by atoms with Crippen LogP contribution in [-0.2, 0) is 0 Å². The normalized spacial score (nSPS) is 9.55. The minimum absolute atomic E-state index is 1.19. The number of rotatable bonds is 3. The van der Waals surface area contributed by atoms with E-state index in [-0.39, 0.29) is 0 Å². The fourth-order valence-electron chi connectivity index (χ4n) is 1.18. The molecule has 0 saturated heterocycles. The monoisotopic (exact) mass is 157 g/mol. The average molecular weight is 157 g/mol. The van der Waals surface area contributed by atoms with Crippen molar-refractivity contribution in [1.82, 2.24) is 4.90 Å². The van der Waals surface area contributed by atoms with Gasteiger partial charge in [-0.3, -0.25) is 9.48 Å². The Hall–Kier alpha value is -0.530. The van der Waals surface area contributed by atoms with Crippen molar-refractivity contribution in [1.29, 1.82) is 0 Å². The molecule has 0 saturated carbocycles. The van der Waals surface area contributed by atoms with Crippen molar-refractivity contribution in [3.63, 3.8) is 0 Å². The predicted octanol–water partition coefficient (Wildman–Crippen LogP) is 1.41. The third-order valence-corrected chi connectivity index (χ3v) is 1.79. The molecular weight excluding hydrogens is 136 g/mol. The lowest BCUT2D eigenvalue weighted by Gasteiger charge is -2.10. The summed E-state index contributed by atoms with van der Waals surface area (Å²) in [6.45, 7) is 2.23. The zero-order valence-electron chi connectivity index (χ0n) is 8.52. The van der Waals surface area contributed by atoms with Gasteiger partial charge in [0, 0.05) is 6.42 Å². The van der Waals surface area contributed by atoms with E-state index in [0.717, 1.165) is 0 Å². The first-order valence-electron chi connectivity index (χ1n) is 4.30. The summed E-state index contributed by atoms with van der Waals surface area (Å²) in [5.41, 5.74) is 0. The molecule has 66 valence electrons. The standard InChI is InChI=1S/C9H21N2/c1-6-7-8-9(10(2)3)11(4)5/h6-8H2,1-5H3/q+1. The highest BCUT2D eigenvalue weighted by molar-refractivity contribution is 5.76. The Bertz CT molecular complexity index is 132. The lowest BCUT2D eigenvalue weighted by molar-refractivity contribution is -0.471. The third kappa shape index (κ3) is 4.02. The molecular formula is C9H21N2+. The first-order chi connectivity index (χ1) is 5.09. The molecule has 0 amide bonds. The molecule has 0 atom stereocenters. The Labute approximate surface area is 70.5 Å². The number of hydrogen-bond acceptors (Lipinski definition) is 0. The minimum atomic E-state index is 1.19. The molecule has 2 nitrogen and oxygen atoms in total. The van der Waals surface area contributed by atoms with Crippen molar-refractivity contribution < 1.29 is 4.58 Å². The van der Waals surface area contributed by atoms with Crippen LogP contribution in [0, 0.1) is 0 Å². The van der Waals surface area contributed by atoms with Crippen LogP contribution >= 0.6 is 0 Å². The molecule has 0 aromatic rings. The van der Waals surface area contributed by atoms with E-state index < -0.39 is 0 Å². The van der Waals surface area contributed by atoms with Crippen LogP contribution in [0.15, 0.2) is 0 Å². The summed E-state index contributed by atoms with van der Waals surface area (Å²) in [5.74, 6) is 1.41. The van der Waals surface area contributed by atoms with Crippen molar-refractivity contribution in [2.45, 2.75) is 26.2 Å². The molecule has 0 aliphatic rings. The maximum Gasteiger partial charge on any atom is 0.245 e. The van der Waals surface area contributed by atoms with Gasteiger partial charge in [-0.1, -0.05) is 13.3 Å². The second-order valence-electron chi connectivity index (χ2n) is 3.31. The van der Waals surface area contributed by atoms with Crippen LogP contribution in [0.2, 0.25) is 0 Å². The number of unbranched alkanes of at least 4 members (excludes halogenated alkanes) is 1. The van der Waals surface area contributed by atoms with E-state index in [1.165, 1.54) is 25.1 Å². The molecule has 0 spiro atoms. The van der Waals surface area contributed by atoms with Crippen molar-refractivity contribution in [2.24, 2.45) is 0 Å². The van der Waals surface area contributed by atoms with E-state index in [1.807, 2.05) is 0 Å². The van der Waals surface area contributed by atoms with Gasteiger partial charge in [0.1, 0.15) is 0 Å². The first-order valence-corrected chi connectivity index (χ1v) is 4.30. The molecule has 0 radical (unpaired) electrons. The van der Waals surface area contributed by atoms with E-state index in [4.69, 9.17) is 0 Å². The zero-order valence-corrected chi connectivity index (χ0v) is 8.52. The lowest BCUT2D eigenvalue weighted by Crippen LogP contribution is -2.29. The average Bonchev–Trinajstić information content (AvgIpc) is 1.87. The molecule has 0 fully saturated rings. The van der Waals surface area contributed by atoms with Crippen LogP contribution in [0.4, 0.5) is 0 Å². The molecule has 0 aromatic carbocycles. The Morgan fingerprint density at radius 1 is 1.27 bits per heavy atom. The van der Waals surface area contributed by atoms with Crippen LogP contribution in [0.1, 0.15) is 26.2 Å². The van der Waals surface area contributed by atoms with Crippen LogP contribution in [0.5, 0.6) is 0 Å². The summed E-state index contributed by atoms with van der Waals surface area (Å²) >= 11 is 0. The van der Waals surface area contributed by atoms with Gasteiger partial charge in [-0.15, -0.1) is 0 Å². The largest absolute Gasteiger partial charge is 0.271 e. The number of amidine groups is 1. The summed E-state index contributed by atoms with van der Waals surface area (Å²) in [4.78, 5) is 2.19. The molecule has 2 heteroatoms. The Balaban J connectivity index is 4.03. The van der Waals surface area contributed by atoms with Gasteiger partial charge in [0.15, 0.2) is 0 Å². The van der Waals surface area contributed by atoms with Gasteiger partial charge < -0.3 is 0 Å². The molecule has 0 aliphatic carbocycles. The summed E-state index contributed by atoms with van der Waals surface area (Å²) < 4.78 is 2.19. The van der Waals surface area contributed by atoms with Gasteiger partial charge in [0.25, 0.3) is 0 Å². The zero-order chi connectivity index (χ0) is 8.85. The molecule has 0 aromatic heterocycles. The predicted molar refractivity (Wildman–Crippen MR) is 50.3 cm³/mol. The van der Waals surface area contributed by atoms with Crippen LogP contribution < -0.4 is 0 Å². The molecule has 0 N–H and O–H groups in total. The highest BCUT2D eigenvalue weighted by atomic mass is 15.2. The minimum Gasteiger partial charge on any atom is -0.271 e. The van der Waals surface area contributed by atoms with Crippen LogP contribution in [0.25, 0.3) is 0 Å². The van der Waals surface area contributed by atoms with Crippen molar-refractivity contribution in [2.75, 3.05) is 28.2 Å². The van der Waals surface area contributed by atoms with Crippen LogP contribution in [-0.4, -0.2) is 43.5 Å². The maximum absolute atomic E-state index is 2.23. The quantitative estimate of drug-likeness (QED) is 0.341. The van der Waals surface area contributed by atoms with Crippen molar-refractivity contribution in [3.05, 3.63) is 0 Å². The van der Waals surface area contributed by atoms with Gasteiger partial charge in [-0.25, -0.2) is 0 Å².